The van der Waals surface area contributed by atoms with E-state index in [-0.39, 0.29) is 17.2 Å². The predicted molar refractivity (Wildman–Crippen MR) is 105 cm³/mol. The van der Waals surface area contributed by atoms with Gasteiger partial charge in [0.1, 0.15) is 0 Å². The van der Waals surface area contributed by atoms with Crippen LogP contribution in [0.3, 0.4) is 0 Å². The van der Waals surface area contributed by atoms with Gasteiger partial charge in [0.05, 0.1) is 17.5 Å². The first-order chi connectivity index (χ1) is 14.1. The molecule has 1 aliphatic heterocycles. The van der Waals surface area contributed by atoms with E-state index in [9.17, 15) is 9.59 Å². The number of aromatic amines is 1. The number of carbonyl (C=O) groups is 2. The number of pyridine rings is 1. The van der Waals surface area contributed by atoms with Gasteiger partial charge in [-0.2, -0.15) is 5.10 Å². The lowest BCUT2D eigenvalue weighted by molar-refractivity contribution is 0.0668. The summed E-state index contributed by atoms with van der Waals surface area (Å²) in [6.45, 7) is 3.99. The van der Waals surface area contributed by atoms with Gasteiger partial charge in [-0.25, -0.2) is 0 Å². The number of furan rings is 1. The number of hydrogen-bond donors (Lipinski definition) is 2. The largest absolute Gasteiger partial charge is 0.449 e. The molecule has 0 radical (unpaired) electrons. The molecule has 150 valence electrons. The van der Waals surface area contributed by atoms with E-state index in [0.717, 1.165) is 43.4 Å². The first-order valence-electron chi connectivity index (χ1n) is 9.97. The van der Waals surface area contributed by atoms with E-state index in [2.05, 4.69) is 20.5 Å². The topological polar surface area (TPSA) is 104 Å². The summed E-state index contributed by atoms with van der Waals surface area (Å²) in [6.07, 6.45) is 8.02. The molecule has 5 rings (SSSR count). The van der Waals surface area contributed by atoms with Crippen molar-refractivity contribution in [2.75, 3.05) is 19.6 Å². The molecule has 1 unspecified atom stereocenters. The number of amides is 2. The van der Waals surface area contributed by atoms with E-state index in [1.807, 2.05) is 17.9 Å². The second kappa shape index (κ2) is 6.72. The number of H-pyrrole nitrogens is 1. The van der Waals surface area contributed by atoms with E-state index < -0.39 is 0 Å². The van der Waals surface area contributed by atoms with Crippen LogP contribution >= 0.6 is 0 Å². The summed E-state index contributed by atoms with van der Waals surface area (Å²) in [5, 5.41) is 10.7. The van der Waals surface area contributed by atoms with Crippen molar-refractivity contribution in [3.8, 4) is 0 Å². The molecule has 1 spiro atoms. The number of rotatable bonds is 4. The van der Waals surface area contributed by atoms with Gasteiger partial charge < -0.3 is 14.6 Å². The molecule has 3 aromatic rings. The number of piperidine rings is 1. The molecule has 2 N–H and O–H groups in total. The van der Waals surface area contributed by atoms with E-state index in [1.54, 1.807) is 24.7 Å². The van der Waals surface area contributed by atoms with Crippen molar-refractivity contribution >= 4 is 22.8 Å². The normalized spacial score (nSPS) is 20.2. The van der Waals surface area contributed by atoms with E-state index in [0.29, 0.717) is 29.4 Å². The number of aryl methyl sites for hydroxylation is 1. The monoisotopic (exact) mass is 393 g/mol. The third-order valence-electron chi connectivity index (χ3n) is 6.52. The van der Waals surface area contributed by atoms with Crippen LogP contribution in [0.5, 0.6) is 0 Å². The standard InChI is InChI=1S/C21H23N5O3/c1-13-16(11-24-25-13)20(28)26-6-3-21(4-7-26)9-15(21)10-23-19(27)17-8-14-2-5-22-12-18(14)29-17/h2,5,8,11-12,15H,3-4,6-7,9-10H2,1H3,(H,23,27)(H,24,25). The minimum atomic E-state index is -0.189. The number of likely N-dealkylation sites (tertiary alicyclic amines) is 1. The Balaban J connectivity index is 1.14. The highest BCUT2D eigenvalue weighted by Gasteiger charge is 2.54. The molecule has 1 saturated heterocycles. The average molecular weight is 393 g/mol. The molecule has 2 aliphatic rings. The number of hydrogen-bond acceptors (Lipinski definition) is 5. The van der Waals surface area contributed by atoms with Gasteiger partial charge in [0.15, 0.2) is 11.3 Å². The Labute approximate surface area is 167 Å². The zero-order valence-corrected chi connectivity index (χ0v) is 16.3. The molecule has 8 heteroatoms. The molecule has 2 amide bonds. The van der Waals surface area contributed by atoms with Crippen molar-refractivity contribution in [2.45, 2.75) is 26.2 Å². The summed E-state index contributed by atoms with van der Waals surface area (Å²) in [4.78, 5) is 31.0. The third-order valence-corrected chi connectivity index (χ3v) is 6.52. The fourth-order valence-electron chi connectivity index (χ4n) is 4.53. The molecular formula is C21H23N5O3. The van der Waals surface area contributed by atoms with Crippen LogP contribution in [-0.4, -0.2) is 51.5 Å². The van der Waals surface area contributed by atoms with Crippen LogP contribution in [0.25, 0.3) is 11.0 Å². The van der Waals surface area contributed by atoms with Crippen LogP contribution in [0.2, 0.25) is 0 Å². The molecule has 1 aliphatic carbocycles. The highest BCUT2D eigenvalue weighted by Crippen LogP contribution is 2.59. The van der Waals surface area contributed by atoms with Gasteiger partial charge in [-0.1, -0.05) is 0 Å². The second-order valence-electron chi connectivity index (χ2n) is 8.17. The number of aromatic nitrogens is 3. The van der Waals surface area contributed by atoms with E-state index >= 15 is 0 Å². The maximum absolute atomic E-state index is 12.6. The smallest absolute Gasteiger partial charge is 0.287 e. The molecule has 3 aromatic heterocycles. The van der Waals surface area contributed by atoms with Crippen molar-refractivity contribution in [3.63, 3.8) is 0 Å². The summed E-state index contributed by atoms with van der Waals surface area (Å²) in [5.74, 6) is 0.645. The summed E-state index contributed by atoms with van der Waals surface area (Å²) >= 11 is 0. The zero-order chi connectivity index (χ0) is 20.0. The van der Waals surface area contributed by atoms with Crippen LogP contribution in [0.15, 0.2) is 35.1 Å². The second-order valence-corrected chi connectivity index (χ2v) is 8.17. The molecular weight excluding hydrogens is 370 g/mol. The minimum Gasteiger partial charge on any atom is -0.449 e. The molecule has 29 heavy (non-hydrogen) atoms. The minimum absolute atomic E-state index is 0.0518. The van der Waals surface area contributed by atoms with Gasteiger partial charge in [0, 0.05) is 37.4 Å². The lowest BCUT2D eigenvalue weighted by atomic mass is 9.90. The number of carbonyl (C=O) groups excluding carboxylic acids is 2. The SMILES string of the molecule is Cc1n[nH]cc1C(=O)N1CCC2(CC1)CC2CNC(=O)c1cc2ccncc2o1. The Morgan fingerprint density at radius 2 is 2.21 bits per heavy atom. The van der Waals surface area contributed by atoms with Crippen molar-refractivity contribution in [3.05, 3.63) is 47.7 Å². The number of nitrogens with zero attached hydrogens (tertiary/aromatic N) is 3. The van der Waals surface area contributed by atoms with E-state index in [1.165, 1.54) is 0 Å². The first kappa shape index (κ1) is 17.9. The summed E-state index contributed by atoms with van der Waals surface area (Å²) in [5.41, 5.74) is 2.27. The summed E-state index contributed by atoms with van der Waals surface area (Å²) in [7, 11) is 0. The molecule has 2 fully saturated rings. The molecule has 0 aromatic carbocycles. The Hall–Kier alpha value is -3.16. The molecule has 1 saturated carbocycles. The van der Waals surface area contributed by atoms with Crippen LogP contribution in [0.1, 0.15) is 45.9 Å². The fourth-order valence-corrected chi connectivity index (χ4v) is 4.53. The highest BCUT2D eigenvalue weighted by molar-refractivity contribution is 5.96. The van der Waals surface area contributed by atoms with Gasteiger partial charge in [-0.05, 0) is 49.7 Å². The summed E-state index contributed by atoms with van der Waals surface area (Å²) < 4.78 is 5.58. The Morgan fingerprint density at radius 1 is 1.38 bits per heavy atom. The molecule has 4 heterocycles. The van der Waals surface area contributed by atoms with Crippen LogP contribution in [0.4, 0.5) is 0 Å². The van der Waals surface area contributed by atoms with Crippen LogP contribution < -0.4 is 5.32 Å². The van der Waals surface area contributed by atoms with Gasteiger partial charge >= 0.3 is 0 Å². The zero-order valence-electron chi connectivity index (χ0n) is 16.3. The Kier molecular flexibility index (Phi) is 4.15. The predicted octanol–water partition coefficient (Wildman–Crippen LogP) is 2.53. The lowest BCUT2D eigenvalue weighted by Gasteiger charge is -2.33. The van der Waals surface area contributed by atoms with Gasteiger partial charge in [0.25, 0.3) is 11.8 Å². The first-order valence-corrected chi connectivity index (χ1v) is 9.97. The van der Waals surface area contributed by atoms with Crippen LogP contribution in [0, 0.1) is 18.3 Å². The fraction of sp³-hybridized carbons (Fsp3) is 0.429. The van der Waals surface area contributed by atoms with Gasteiger partial charge in [-0.15, -0.1) is 0 Å². The third kappa shape index (κ3) is 3.18. The number of nitrogens with one attached hydrogen (secondary N) is 2. The Morgan fingerprint density at radius 3 is 2.93 bits per heavy atom. The van der Waals surface area contributed by atoms with Crippen LogP contribution in [-0.2, 0) is 0 Å². The molecule has 8 nitrogen and oxygen atoms in total. The van der Waals surface area contributed by atoms with Gasteiger partial charge in [-0.3, -0.25) is 19.7 Å². The summed E-state index contributed by atoms with van der Waals surface area (Å²) in [6, 6.07) is 3.57. The lowest BCUT2D eigenvalue weighted by Crippen LogP contribution is -2.40. The van der Waals surface area contributed by atoms with Gasteiger partial charge in [0.2, 0.25) is 0 Å². The molecule has 0 bridgehead atoms. The average Bonchev–Trinajstić information content (AvgIpc) is 3.08. The van der Waals surface area contributed by atoms with Crippen molar-refractivity contribution in [1.29, 1.82) is 0 Å². The maximum Gasteiger partial charge on any atom is 0.287 e. The van der Waals surface area contributed by atoms with E-state index in [4.69, 9.17) is 4.42 Å². The molecule has 1 atom stereocenters. The van der Waals surface area contributed by atoms with Crippen molar-refractivity contribution in [2.24, 2.45) is 11.3 Å². The quantitative estimate of drug-likeness (QED) is 0.709. The highest BCUT2D eigenvalue weighted by atomic mass is 16.3. The Bertz CT molecular complexity index is 1040. The maximum atomic E-state index is 12.6. The van der Waals surface area contributed by atoms with Crippen molar-refractivity contribution < 1.29 is 14.0 Å². The van der Waals surface area contributed by atoms with Crippen molar-refractivity contribution in [1.82, 2.24) is 25.4 Å². The number of fused-ring (bicyclic) bond motifs is 1.